The molecule has 21 heavy (non-hydrogen) atoms. The maximum Gasteiger partial charge on any atom is 0.440 e. The lowest BCUT2D eigenvalue weighted by atomic mass is 10.5. The van der Waals surface area contributed by atoms with E-state index in [1.165, 1.54) is 0 Å². The Labute approximate surface area is 127 Å². The minimum absolute atomic E-state index is 0.300. The molecular formula is C12H20N4O4S. The third-order valence-electron chi connectivity index (χ3n) is 1.99. The minimum Gasteiger partial charge on any atom is -0.446 e. The van der Waals surface area contributed by atoms with E-state index in [2.05, 4.69) is 10.4 Å². The molecule has 8 nitrogen and oxygen atoms in total. The number of aromatic nitrogens is 2. The Morgan fingerprint density at radius 3 is 2.38 bits per heavy atom. The summed E-state index contributed by atoms with van der Waals surface area (Å²) in [7, 11) is 1.77. The molecule has 0 aliphatic heterocycles. The molecule has 0 unspecified atom stereocenters. The zero-order chi connectivity index (χ0) is 16.0. The minimum atomic E-state index is -0.743. The molecule has 0 bridgehead atoms. The molecule has 0 atom stereocenters. The fraction of sp³-hybridized carbons (Fsp3) is 0.583. The van der Waals surface area contributed by atoms with Crippen molar-refractivity contribution in [2.45, 2.75) is 45.1 Å². The molecule has 0 saturated heterocycles. The van der Waals surface area contributed by atoms with Gasteiger partial charge in [-0.2, -0.15) is 0 Å². The molecular weight excluding hydrogens is 296 g/mol. The number of imidazole rings is 1. The van der Waals surface area contributed by atoms with Crippen molar-refractivity contribution < 1.29 is 19.1 Å². The van der Waals surface area contributed by atoms with E-state index in [-0.39, 0.29) is 12.2 Å². The number of aryl methyl sites for hydroxylation is 1. The van der Waals surface area contributed by atoms with Crippen LogP contribution in [-0.2, 0) is 16.5 Å². The van der Waals surface area contributed by atoms with Gasteiger partial charge in [0.2, 0.25) is 0 Å². The summed E-state index contributed by atoms with van der Waals surface area (Å²) in [6, 6.07) is 0. The summed E-state index contributed by atoms with van der Waals surface area (Å²) in [6.45, 7) is 6.85. The molecule has 118 valence electrons. The highest BCUT2D eigenvalue weighted by atomic mass is 32.2. The lowest BCUT2D eigenvalue weighted by Crippen LogP contribution is -2.43. The number of hydrogen-bond donors (Lipinski definition) is 1. The van der Waals surface area contributed by atoms with Crippen LogP contribution in [0.15, 0.2) is 17.6 Å². The van der Waals surface area contributed by atoms with Gasteiger partial charge in [-0.05, 0) is 27.7 Å². The van der Waals surface area contributed by atoms with E-state index in [1.807, 2.05) is 0 Å². The zero-order valence-corrected chi connectivity index (χ0v) is 13.5. The topological polar surface area (TPSA) is 85.7 Å². The van der Waals surface area contributed by atoms with Gasteiger partial charge in [-0.15, -0.1) is 4.41 Å². The van der Waals surface area contributed by atoms with Crippen LogP contribution < -0.4 is 5.43 Å². The summed E-state index contributed by atoms with van der Waals surface area (Å²) in [6.07, 6.45) is 1.24. The number of ether oxygens (including phenoxy) is 2. The largest absolute Gasteiger partial charge is 0.446 e. The van der Waals surface area contributed by atoms with Crippen molar-refractivity contribution in [2.75, 3.05) is 0 Å². The number of nitrogens with one attached hydrogen (secondary N) is 1. The van der Waals surface area contributed by atoms with Crippen LogP contribution in [0.5, 0.6) is 0 Å². The molecule has 1 aromatic heterocycles. The fourth-order valence-electron chi connectivity index (χ4n) is 1.20. The number of carbonyl (C=O) groups excluding carboxylic acids is 2. The number of nitrogens with zero attached hydrogens (tertiary/aromatic N) is 3. The van der Waals surface area contributed by atoms with Gasteiger partial charge >= 0.3 is 12.2 Å². The Bertz CT molecular complexity index is 489. The standard InChI is InChI=1S/C12H20N4O4S/c1-8(2)19-11(17)14-16(12(18)20-9(3)4)21-10-13-6-7-15(10)5/h6-9H,1-5H3,(H,14,17). The first kappa shape index (κ1) is 17.2. The van der Waals surface area contributed by atoms with Crippen LogP contribution in [0.3, 0.4) is 0 Å². The SMILES string of the molecule is CC(C)OC(=O)NN(Sc1nccn1C)C(=O)OC(C)C. The normalized spacial score (nSPS) is 10.6. The van der Waals surface area contributed by atoms with Crippen LogP contribution in [0, 0.1) is 0 Å². The van der Waals surface area contributed by atoms with E-state index in [0.717, 1.165) is 16.4 Å². The Kier molecular flexibility index (Phi) is 6.35. The number of amides is 2. The fourth-order valence-corrected chi connectivity index (χ4v) is 1.90. The van der Waals surface area contributed by atoms with E-state index in [0.29, 0.717) is 5.16 Å². The summed E-state index contributed by atoms with van der Waals surface area (Å²) >= 11 is 0.926. The van der Waals surface area contributed by atoms with Gasteiger partial charge in [0.05, 0.1) is 24.2 Å². The van der Waals surface area contributed by atoms with Crippen LogP contribution in [-0.4, -0.2) is 38.4 Å². The summed E-state index contributed by atoms with van der Waals surface area (Å²) in [5.41, 5.74) is 2.33. The second-order valence-corrected chi connectivity index (χ2v) is 5.62. The Morgan fingerprint density at radius 1 is 1.29 bits per heavy atom. The van der Waals surface area contributed by atoms with Crippen molar-refractivity contribution in [3.05, 3.63) is 12.4 Å². The molecule has 0 aliphatic rings. The van der Waals surface area contributed by atoms with Gasteiger partial charge < -0.3 is 14.0 Å². The van der Waals surface area contributed by atoms with Crippen molar-refractivity contribution in [3.63, 3.8) is 0 Å². The molecule has 1 aromatic rings. The summed E-state index contributed by atoms with van der Waals surface area (Å²) in [5.74, 6) is 0. The highest BCUT2D eigenvalue weighted by Gasteiger charge is 2.23. The van der Waals surface area contributed by atoms with E-state index in [4.69, 9.17) is 9.47 Å². The number of carbonyl (C=O) groups is 2. The van der Waals surface area contributed by atoms with Gasteiger partial charge in [0.15, 0.2) is 5.16 Å². The molecule has 0 aromatic carbocycles. The third-order valence-corrected chi connectivity index (χ3v) is 2.97. The maximum atomic E-state index is 12.0. The van der Waals surface area contributed by atoms with E-state index < -0.39 is 12.2 Å². The molecule has 2 amide bonds. The highest BCUT2D eigenvalue weighted by molar-refractivity contribution is 7.97. The van der Waals surface area contributed by atoms with Crippen LogP contribution >= 0.6 is 11.9 Å². The van der Waals surface area contributed by atoms with Crippen molar-refractivity contribution in [2.24, 2.45) is 7.05 Å². The third kappa shape index (κ3) is 5.94. The second-order valence-electron chi connectivity index (χ2n) is 4.70. The lowest BCUT2D eigenvalue weighted by molar-refractivity contribution is 0.0742. The van der Waals surface area contributed by atoms with E-state index in [9.17, 15) is 9.59 Å². The van der Waals surface area contributed by atoms with Gasteiger partial charge in [0.1, 0.15) is 0 Å². The second kappa shape index (κ2) is 7.77. The predicted molar refractivity (Wildman–Crippen MR) is 77.3 cm³/mol. The Hall–Kier alpha value is -1.90. The van der Waals surface area contributed by atoms with Crippen LogP contribution in [0.25, 0.3) is 0 Å². The van der Waals surface area contributed by atoms with Gasteiger partial charge in [-0.3, -0.25) is 0 Å². The van der Waals surface area contributed by atoms with E-state index in [1.54, 1.807) is 51.7 Å². The Morgan fingerprint density at radius 2 is 1.90 bits per heavy atom. The molecule has 9 heteroatoms. The molecule has 1 rings (SSSR count). The summed E-state index contributed by atoms with van der Waals surface area (Å²) < 4.78 is 12.7. The summed E-state index contributed by atoms with van der Waals surface area (Å²) in [4.78, 5) is 27.7. The highest BCUT2D eigenvalue weighted by Crippen LogP contribution is 2.19. The molecule has 0 saturated carbocycles. The maximum absolute atomic E-state index is 12.0. The van der Waals surface area contributed by atoms with Crippen LogP contribution in [0.1, 0.15) is 27.7 Å². The van der Waals surface area contributed by atoms with Crippen molar-refractivity contribution in [3.8, 4) is 0 Å². The van der Waals surface area contributed by atoms with Crippen molar-refractivity contribution in [1.29, 1.82) is 0 Å². The number of hydrazine groups is 1. The van der Waals surface area contributed by atoms with Gasteiger partial charge in [-0.25, -0.2) is 20.0 Å². The van der Waals surface area contributed by atoms with Crippen LogP contribution in [0.4, 0.5) is 9.59 Å². The van der Waals surface area contributed by atoms with Gasteiger partial charge in [0.25, 0.3) is 0 Å². The zero-order valence-electron chi connectivity index (χ0n) is 12.7. The predicted octanol–water partition coefficient (Wildman–Crippen LogP) is 2.32. The molecule has 0 radical (unpaired) electrons. The molecule has 0 aliphatic carbocycles. The van der Waals surface area contributed by atoms with Gasteiger partial charge in [-0.1, -0.05) is 0 Å². The molecule has 1 heterocycles. The first-order valence-electron chi connectivity index (χ1n) is 6.43. The number of rotatable bonds is 4. The van der Waals surface area contributed by atoms with E-state index >= 15 is 0 Å². The number of hydrogen-bond acceptors (Lipinski definition) is 6. The first-order valence-corrected chi connectivity index (χ1v) is 7.20. The monoisotopic (exact) mass is 316 g/mol. The average molecular weight is 316 g/mol. The smallest absolute Gasteiger partial charge is 0.440 e. The molecule has 0 fully saturated rings. The van der Waals surface area contributed by atoms with Gasteiger partial charge in [0, 0.05) is 19.4 Å². The molecule has 1 N–H and O–H groups in total. The quantitative estimate of drug-likeness (QED) is 0.678. The lowest BCUT2D eigenvalue weighted by Gasteiger charge is -2.22. The van der Waals surface area contributed by atoms with Crippen LogP contribution in [0.2, 0.25) is 0 Å². The van der Waals surface area contributed by atoms with Crippen molar-refractivity contribution >= 4 is 24.1 Å². The average Bonchev–Trinajstić information content (AvgIpc) is 2.72. The Balaban J connectivity index is 2.76. The first-order chi connectivity index (χ1) is 9.79. The van der Waals surface area contributed by atoms with Crippen molar-refractivity contribution in [1.82, 2.24) is 19.4 Å². The molecule has 0 spiro atoms. The summed E-state index contributed by atoms with van der Waals surface area (Å²) in [5, 5.41) is 0.514.